The number of aromatic nitrogens is 1. The van der Waals surface area contributed by atoms with Crippen molar-refractivity contribution >= 4 is 28.6 Å². The van der Waals surface area contributed by atoms with Gasteiger partial charge in [-0.1, -0.05) is 80.1 Å². The molecule has 2 N–H and O–H groups in total. The number of hydrogen-bond acceptors (Lipinski definition) is 3. The second kappa shape index (κ2) is 9.70. The Balaban J connectivity index is 0.000000806. The fourth-order valence-corrected chi connectivity index (χ4v) is 3.36. The molecule has 4 heteroatoms. The minimum Gasteiger partial charge on any atom is -0.483 e. The van der Waals surface area contributed by atoms with E-state index in [1.54, 1.807) is 0 Å². The molecule has 0 aliphatic heterocycles. The number of nitrogens with zero attached hydrogens (tertiary/aromatic N) is 1. The SMILES string of the molecule is Cc1ccc(-c2ncc(Nc3cccc(C(C)C)c3)c3ccccc23)cc1.O=CO. The van der Waals surface area contributed by atoms with Crippen molar-refractivity contribution in [1.29, 1.82) is 0 Å². The van der Waals surface area contributed by atoms with E-state index in [1.165, 1.54) is 16.5 Å². The van der Waals surface area contributed by atoms with Crippen LogP contribution in [0, 0.1) is 6.92 Å². The molecule has 4 aromatic rings. The largest absolute Gasteiger partial charge is 0.483 e. The first-order valence-corrected chi connectivity index (χ1v) is 9.93. The molecule has 4 nitrogen and oxygen atoms in total. The second-order valence-electron chi connectivity index (χ2n) is 7.44. The molecule has 1 aromatic heterocycles. The van der Waals surface area contributed by atoms with Crippen molar-refractivity contribution in [3.63, 3.8) is 0 Å². The summed E-state index contributed by atoms with van der Waals surface area (Å²) in [5, 5.41) is 12.8. The molecule has 4 rings (SSSR count). The van der Waals surface area contributed by atoms with Gasteiger partial charge in [-0.2, -0.15) is 0 Å². The van der Waals surface area contributed by atoms with Gasteiger partial charge >= 0.3 is 0 Å². The Bertz CT molecular complexity index is 1140. The molecule has 0 aliphatic carbocycles. The van der Waals surface area contributed by atoms with Gasteiger partial charge in [0.15, 0.2) is 0 Å². The third kappa shape index (κ3) is 4.84. The van der Waals surface area contributed by atoms with Gasteiger partial charge in [-0.25, -0.2) is 0 Å². The Hall–Kier alpha value is -3.66. The van der Waals surface area contributed by atoms with Crippen molar-refractivity contribution in [2.75, 3.05) is 5.32 Å². The van der Waals surface area contributed by atoms with E-state index in [2.05, 4.69) is 98.9 Å². The summed E-state index contributed by atoms with van der Waals surface area (Å²) in [6.07, 6.45) is 1.94. The lowest BCUT2D eigenvalue weighted by Crippen LogP contribution is -1.96. The topological polar surface area (TPSA) is 62.2 Å². The molecule has 0 radical (unpaired) electrons. The highest BCUT2D eigenvalue weighted by Gasteiger charge is 2.10. The highest BCUT2D eigenvalue weighted by atomic mass is 16.3. The van der Waals surface area contributed by atoms with Crippen LogP contribution in [0.4, 0.5) is 11.4 Å². The normalized spacial score (nSPS) is 10.4. The molecule has 0 aliphatic rings. The Morgan fingerprint density at radius 1 is 0.933 bits per heavy atom. The van der Waals surface area contributed by atoms with E-state index in [9.17, 15) is 0 Å². The predicted molar refractivity (Wildman–Crippen MR) is 124 cm³/mol. The molecule has 0 atom stereocenters. The average Bonchev–Trinajstić information content (AvgIpc) is 2.75. The van der Waals surface area contributed by atoms with Crippen LogP contribution in [0.25, 0.3) is 22.0 Å². The second-order valence-corrected chi connectivity index (χ2v) is 7.44. The van der Waals surface area contributed by atoms with E-state index >= 15 is 0 Å². The lowest BCUT2D eigenvalue weighted by atomic mass is 10.0. The summed E-state index contributed by atoms with van der Waals surface area (Å²) in [6, 6.07) is 25.6. The van der Waals surface area contributed by atoms with Gasteiger partial charge in [0.05, 0.1) is 17.6 Å². The van der Waals surface area contributed by atoms with E-state index in [4.69, 9.17) is 14.9 Å². The molecule has 3 aromatic carbocycles. The third-order valence-corrected chi connectivity index (χ3v) is 4.95. The summed E-state index contributed by atoms with van der Waals surface area (Å²) in [5.74, 6) is 0.505. The van der Waals surface area contributed by atoms with Gasteiger partial charge in [-0.15, -0.1) is 0 Å². The predicted octanol–water partition coefficient (Wildman–Crippen LogP) is 6.78. The van der Waals surface area contributed by atoms with Crippen LogP contribution in [-0.2, 0) is 4.79 Å². The van der Waals surface area contributed by atoms with Gasteiger partial charge in [-0.3, -0.25) is 9.78 Å². The van der Waals surface area contributed by atoms with Gasteiger partial charge in [0.2, 0.25) is 0 Å². The van der Waals surface area contributed by atoms with Crippen LogP contribution in [0.15, 0.2) is 79.0 Å². The molecule has 0 bridgehead atoms. The molecule has 0 spiro atoms. The van der Waals surface area contributed by atoms with Crippen LogP contribution in [0.1, 0.15) is 30.9 Å². The number of pyridine rings is 1. The smallest absolute Gasteiger partial charge is 0.290 e. The highest BCUT2D eigenvalue weighted by molar-refractivity contribution is 6.02. The third-order valence-electron chi connectivity index (χ3n) is 4.95. The summed E-state index contributed by atoms with van der Waals surface area (Å²) in [7, 11) is 0. The quantitative estimate of drug-likeness (QED) is 0.372. The van der Waals surface area contributed by atoms with Gasteiger partial charge in [0, 0.05) is 22.0 Å². The molecular weight excluding hydrogens is 372 g/mol. The van der Waals surface area contributed by atoms with E-state index < -0.39 is 0 Å². The lowest BCUT2D eigenvalue weighted by Gasteiger charge is -2.14. The standard InChI is InChI=1S/C25H24N2.CH2O2/c1-17(2)20-7-6-8-21(15-20)27-24-16-26-25(19-13-11-18(3)12-14-19)23-10-5-4-9-22(23)24;2-1-3/h4-17,27H,1-3H3;1H,(H,2,3). The van der Waals surface area contributed by atoms with Gasteiger partial charge in [-0.05, 0) is 30.5 Å². The highest BCUT2D eigenvalue weighted by Crippen LogP contribution is 2.33. The van der Waals surface area contributed by atoms with E-state index in [1.807, 2.05) is 6.20 Å². The van der Waals surface area contributed by atoms with Crippen LogP contribution in [0.3, 0.4) is 0 Å². The first-order chi connectivity index (χ1) is 14.5. The van der Waals surface area contributed by atoms with Gasteiger partial charge in [0.1, 0.15) is 0 Å². The molecule has 0 unspecified atom stereocenters. The Kier molecular flexibility index (Phi) is 6.81. The molecule has 1 heterocycles. The van der Waals surface area contributed by atoms with Crippen molar-refractivity contribution in [2.45, 2.75) is 26.7 Å². The minimum atomic E-state index is -0.250. The number of hydrogen-bond donors (Lipinski definition) is 2. The van der Waals surface area contributed by atoms with Crippen molar-refractivity contribution in [3.05, 3.63) is 90.1 Å². The molecule has 0 saturated heterocycles. The van der Waals surface area contributed by atoms with Gasteiger partial charge in [0.25, 0.3) is 6.47 Å². The van der Waals surface area contributed by atoms with Crippen LogP contribution in [0.5, 0.6) is 0 Å². The summed E-state index contributed by atoms with van der Waals surface area (Å²) in [5.41, 5.74) is 6.87. The number of carbonyl (C=O) groups is 1. The number of carboxylic acid groups (broad SMARTS) is 1. The number of nitrogens with one attached hydrogen (secondary N) is 1. The molecule has 0 fully saturated rings. The van der Waals surface area contributed by atoms with Crippen LogP contribution in [0.2, 0.25) is 0 Å². The summed E-state index contributed by atoms with van der Waals surface area (Å²) in [4.78, 5) is 13.2. The number of rotatable bonds is 4. The average molecular weight is 399 g/mol. The monoisotopic (exact) mass is 398 g/mol. The Morgan fingerprint density at radius 3 is 2.27 bits per heavy atom. The molecule has 30 heavy (non-hydrogen) atoms. The lowest BCUT2D eigenvalue weighted by molar-refractivity contribution is -0.122. The molecule has 152 valence electrons. The van der Waals surface area contributed by atoms with E-state index in [0.29, 0.717) is 5.92 Å². The zero-order valence-corrected chi connectivity index (χ0v) is 17.5. The number of fused-ring (bicyclic) bond motifs is 1. The number of anilines is 2. The first kappa shape index (κ1) is 21.1. The van der Waals surface area contributed by atoms with Crippen molar-refractivity contribution < 1.29 is 9.90 Å². The maximum atomic E-state index is 8.36. The molecule has 0 amide bonds. The summed E-state index contributed by atoms with van der Waals surface area (Å²) in [6.45, 7) is 6.28. The summed E-state index contributed by atoms with van der Waals surface area (Å²) < 4.78 is 0. The number of benzene rings is 3. The Labute approximate surface area is 177 Å². The van der Waals surface area contributed by atoms with E-state index in [0.717, 1.165) is 28.0 Å². The van der Waals surface area contributed by atoms with Crippen LogP contribution in [-0.4, -0.2) is 16.6 Å². The maximum absolute atomic E-state index is 8.36. The summed E-state index contributed by atoms with van der Waals surface area (Å²) >= 11 is 0. The van der Waals surface area contributed by atoms with Gasteiger partial charge < -0.3 is 10.4 Å². The zero-order chi connectivity index (χ0) is 21.5. The fraction of sp³-hybridized carbons (Fsp3) is 0.154. The molecular formula is C26H26N2O2. The van der Waals surface area contributed by atoms with E-state index in [-0.39, 0.29) is 6.47 Å². The van der Waals surface area contributed by atoms with Crippen LogP contribution >= 0.6 is 0 Å². The minimum absolute atomic E-state index is 0.250. The zero-order valence-electron chi connectivity index (χ0n) is 17.5. The van der Waals surface area contributed by atoms with Crippen molar-refractivity contribution in [1.82, 2.24) is 4.98 Å². The van der Waals surface area contributed by atoms with Crippen LogP contribution < -0.4 is 5.32 Å². The molecule has 0 saturated carbocycles. The van der Waals surface area contributed by atoms with Crippen molar-refractivity contribution in [2.24, 2.45) is 0 Å². The first-order valence-electron chi connectivity index (χ1n) is 9.93. The fourth-order valence-electron chi connectivity index (χ4n) is 3.36. The maximum Gasteiger partial charge on any atom is 0.290 e. The Morgan fingerprint density at radius 2 is 1.60 bits per heavy atom. The number of aryl methyl sites for hydroxylation is 1. The van der Waals surface area contributed by atoms with Crippen molar-refractivity contribution in [3.8, 4) is 11.3 Å².